The Morgan fingerprint density at radius 1 is 1.13 bits per heavy atom. The largest absolute Gasteiger partial charge is 0.495 e. The summed E-state index contributed by atoms with van der Waals surface area (Å²) in [7, 11) is 3.08. The number of hydrogen-bond donors (Lipinski definition) is 1. The summed E-state index contributed by atoms with van der Waals surface area (Å²) in [5.74, 6) is 0.860. The first kappa shape index (κ1) is 17.6. The summed E-state index contributed by atoms with van der Waals surface area (Å²) in [6.07, 6.45) is 0. The molecule has 0 aliphatic carbocycles. The molecule has 6 heteroatoms. The van der Waals surface area contributed by atoms with Crippen molar-refractivity contribution < 1.29 is 14.3 Å². The van der Waals surface area contributed by atoms with Crippen molar-refractivity contribution in [1.82, 2.24) is 5.32 Å². The normalized spacial score (nSPS) is 11.7. The first-order valence-electron chi connectivity index (χ1n) is 6.94. The van der Waals surface area contributed by atoms with Crippen LogP contribution in [0.3, 0.4) is 0 Å². The van der Waals surface area contributed by atoms with Gasteiger partial charge in [0.15, 0.2) is 0 Å². The minimum absolute atomic E-state index is 0.152. The SMILES string of the molecule is COc1cc(C(=O)N[C@@H](C)c2ccc(Cl)cc2)cc(OC)c1Br. The van der Waals surface area contributed by atoms with E-state index >= 15 is 0 Å². The van der Waals surface area contributed by atoms with Crippen molar-refractivity contribution in [3.8, 4) is 11.5 Å². The van der Waals surface area contributed by atoms with Gasteiger partial charge in [0.2, 0.25) is 0 Å². The van der Waals surface area contributed by atoms with Crippen LogP contribution in [0.5, 0.6) is 11.5 Å². The lowest BCUT2D eigenvalue weighted by atomic mass is 10.1. The minimum atomic E-state index is -0.212. The van der Waals surface area contributed by atoms with Gasteiger partial charge in [0.05, 0.1) is 20.3 Å². The third-order valence-electron chi connectivity index (χ3n) is 3.43. The van der Waals surface area contributed by atoms with Crippen molar-refractivity contribution in [2.75, 3.05) is 14.2 Å². The van der Waals surface area contributed by atoms with Crippen molar-refractivity contribution in [3.05, 3.63) is 57.0 Å². The van der Waals surface area contributed by atoms with Gasteiger partial charge in [0.25, 0.3) is 5.91 Å². The molecule has 1 N–H and O–H groups in total. The fraction of sp³-hybridized carbons (Fsp3) is 0.235. The van der Waals surface area contributed by atoms with E-state index < -0.39 is 0 Å². The molecule has 0 aliphatic rings. The molecular formula is C17H17BrClNO3. The summed E-state index contributed by atoms with van der Waals surface area (Å²) in [4.78, 5) is 12.5. The zero-order valence-corrected chi connectivity index (χ0v) is 15.4. The molecule has 0 aliphatic heterocycles. The fourth-order valence-electron chi connectivity index (χ4n) is 2.12. The topological polar surface area (TPSA) is 47.6 Å². The van der Waals surface area contributed by atoms with Crippen molar-refractivity contribution in [1.29, 1.82) is 0 Å². The van der Waals surface area contributed by atoms with E-state index in [1.165, 1.54) is 14.2 Å². The van der Waals surface area contributed by atoms with Crippen molar-refractivity contribution in [2.45, 2.75) is 13.0 Å². The van der Waals surface area contributed by atoms with Crippen LogP contribution in [0.15, 0.2) is 40.9 Å². The fourth-order valence-corrected chi connectivity index (χ4v) is 2.79. The standard InChI is InChI=1S/C17H17BrClNO3/c1-10(11-4-6-13(19)7-5-11)20-17(21)12-8-14(22-2)16(18)15(9-12)23-3/h4-10H,1-3H3,(H,20,21)/t10-/m0/s1. The lowest BCUT2D eigenvalue weighted by molar-refractivity contribution is 0.0939. The van der Waals surface area contributed by atoms with Gasteiger partial charge in [0.1, 0.15) is 16.0 Å². The van der Waals surface area contributed by atoms with Crippen LogP contribution in [0.25, 0.3) is 0 Å². The third kappa shape index (κ3) is 4.18. The average Bonchev–Trinajstić information content (AvgIpc) is 2.55. The number of ether oxygens (including phenoxy) is 2. The van der Waals surface area contributed by atoms with Crippen LogP contribution in [0, 0.1) is 0 Å². The first-order valence-corrected chi connectivity index (χ1v) is 8.11. The van der Waals surface area contributed by atoms with E-state index in [0.717, 1.165) is 5.56 Å². The van der Waals surface area contributed by atoms with Crippen LogP contribution in [-0.2, 0) is 0 Å². The number of methoxy groups -OCH3 is 2. The molecule has 2 rings (SSSR count). The quantitative estimate of drug-likeness (QED) is 0.800. The van der Waals surface area contributed by atoms with Crippen molar-refractivity contribution in [2.24, 2.45) is 0 Å². The van der Waals surface area contributed by atoms with E-state index in [-0.39, 0.29) is 11.9 Å². The first-order chi connectivity index (χ1) is 11.0. The van der Waals surface area contributed by atoms with Crippen LogP contribution in [0.1, 0.15) is 28.9 Å². The molecule has 0 saturated heterocycles. The van der Waals surface area contributed by atoms with E-state index in [0.29, 0.717) is 26.6 Å². The van der Waals surface area contributed by atoms with Crippen LogP contribution in [0.4, 0.5) is 0 Å². The molecule has 0 bridgehead atoms. The third-order valence-corrected chi connectivity index (χ3v) is 4.46. The molecule has 2 aromatic rings. The van der Waals surface area contributed by atoms with Gasteiger partial charge in [-0.05, 0) is 52.7 Å². The highest BCUT2D eigenvalue weighted by Crippen LogP contribution is 2.35. The summed E-state index contributed by atoms with van der Waals surface area (Å²) in [5.41, 5.74) is 1.43. The lowest BCUT2D eigenvalue weighted by Gasteiger charge is -2.16. The molecular weight excluding hydrogens is 382 g/mol. The maximum Gasteiger partial charge on any atom is 0.252 e. The molecule has 2 aromatic carbocycles. The van der Waals surface area contributed by atoms with Gasteiger partial charge in [-0.3, -0.25) is 4.79 Å². The highest BCUT2D eigenvalue weighted by molar-refractivity contribution is 9.10. The van der Waals surface area contributed by atoms with E-state index in [1.54, 1.807) is 24.3 Å². The Morgan fingerprint density at radius 2 is 1.65 bits per heavy atom. The van der Waals surface area contributed by atoms with Crippen LogP contribution in [-0.4, -0.2) is 20.1 Å². The molecule has 0 saturated carbocycles. The van der Waals surface area contributed by atoms with Crippen molar-refractivity contribution >= 4 is 33.4 Å². The Bertz CT molecular complexity index is 678. The molecule has 0 radical (unpaired) electrons. The summed E-state index contributed by atoms with van der Waals surface area (Å²) >= 11 is 9.26. The predicted octanol–water partition coefficient (Wildman–Crippen LogP) is 4.61. The summed E-state index contributed by atoms with van der Waals surface area (Å²) in [6, 6.07) is 10.5. The Hall–Kier alpha value is -1.72. The Kier molecular flexibility index (Phi) is 5.91. The van der Waals surface area contributed by atoms with E-state index in [2.05, 4.69) is 21.2 Å². The lowest BCUT2D eigenvalue weighted by Crippen LogP contribution is -2.26. The molecule has 1 amide bonds. The second-order valence-corrected chi connectivity index (χ2v) is 6.17. The van der Waals surface area contributed by atoms with Gasteiger partial charge >= 0.3 is 0 Å². The number of carbonyl (C=O) groups excluding carboxylic acids is 1. The Morgan fingerprint density at radius 3 is 2.13 bits per heavy atom. The molecule has 122 valence electrons. The zero-order valence-electron chi connectivity index (χ0n) is 13.0. The van der Waals surface area contributed by atoms with Gasteiger partial charge < -0.3 is 14.8 Å². The summed E-state index contributed by atoms with van der Waals surface area (Å²) in [6.45, 7) is 1.91. The Balaban J connectivity index is 2.21. The summed E-state index contributed by atoms with van der Waals surface area (Å²) < 4.78 is 11.2. The molecule has 1 atom stereocenters. The minimum Gasteiger partial charge on any atom is -0.495 e. The monoisotopic (exact) mass is 397 g/mol. The van der Waals surface area contributed by atoms with Gasteiger partial charge in [0, 0.05) is 10.6 Å². The smallest absolute Gasteiger partial charge is 0.252 e. The van der Waals surface area contributed by atoms with Crippen LogP contribution >= 0.6 is 27.5 Å². The number of hydrogen-bond acceptors (Lipinski definition) is 3. The highest BCUT2D eigenvalue weighted by atomic mass is 79.9. The molecule has 0 fully saturated rings. The molecule has 0 aromatic heterocycles. The van der Waals surface area contributed by atoms with Crippen molar-refractivity contribution in [3.63, 3.8) is 0 Å². The Labute approximate surface area is 148 Å². The second kappa shape index (κ2) is 7.70. The predicted molar refractivity (Wildman–Crippen MR) is 94.6 cm³/mol. The van der Waals surface area contributed by atoms with Crippen LogP contribution in [0.2, 0.25) is 5.02 Å². The van der Waals surface area contributed by atoms with Gasteiger partial charge in [-0.15, -0.1) is 0 Å². The zero-order chi connectivity index (χ0) is 17.0. The number of rotatable bonds is 5. The van der Waals surface area contributed by atoms with Gasteiger partial charge in [-0.25, -0.2) is 0 Å². The van der Waals surface area contributed by atoms with E-state index in [1.807, 2.05) is 19.1 Å². The molecule has 0 heterocycles. The maximum absolute atomic E-state index is 12.5. The van der Waals surface area contributed by atoms with Crippen LogP contribution < -0.4 is 14.8 Å². The maximum atomic E-state index is 12.5. The number of amides is 1. The van der Waals surface area contributed by atoms with Gasteiger partial charge in [-0.1, -0.05) is 23.7 Å². The van der Waals surface area contributed by atoms with E-state index in [4.69, 9.17) is 21.1 Å². The second-order valence-electron chi connectivity index (χ2n) is 4.94. The average molecular weight is 399 g/mol. The summed E-state index contributed by atoms with van der Waals surface area (Å²) in [5, 5.41) is 3.61. The highest BCUT2D eigenvalue weighted by Gasteiger charge is 2.16. The number of benzene rings is 2. The molecule has 0 spiro atoms. The number of halogens is 2. The molecule has 4 nitrogen and oxygen atoms in total. The molecule has 0 unspecified atom stereocenters. The number of carbonyl (C=O) groups is 1. The molecule has 23 heavy (non-hydrogen) atoms. The number of nitrogens with one attached hydrogen (secondary N) is 1. The van der Waals surface area contributed by atoms with Gasteiger partial charge in [-0.2, -0.15) is 0 Å². The van der Waals surface area contributed by atoms with E-state index in [9.17, 15) is 4.79 Å².